The first-order valence-electron chi connectivity index (χ1n) is 6.50. The van der Waals surface area contributed by atoms with E-state index in [4.69, 9.17) is 0 Å². The monoisotopic (exact) mass is 230 g/mol. The zero-order chi connectivity index (χ0) is 12.3. The lowest BCUT2D eigenvalue weighted by Crippen LogP contribution is -2.28. The fourth-order valence-electron chi connectivity index (χ4n) is 2.15. The maximum atomic E-state index is 3.53. The molecule has 1 unspecified atom stereocenters. The number of rotatable bonds is 5. The molecule has 0 bridgehead atoms. The van der Waals surface area contributed by atoms with Gasteiger partial charge in [0.05, 0.1) is 0 Å². The summed E-state index contributed by atoms with van der Waals surface area (Å²) in [6.07, 6.45) is 3.38. The van der Waals surface area contributed by atoms with Crippen molar-refractivity contribution in [3.63, 3.8) is 0 Å². The molecule has 2 heteroatoms. The molecule has 0 aliphatic heterocycles. The van der Waals surface area contributed by atoms with Crippen LogP contribution >= 0.6 is 0 Å². The summed E-state index contributed by atoms with van der Waals surface area (Å²) in [6.45, 7) is 8.69. The highest BCUT2D eigenvalue weighted by Crippen LogP contribution is 2.19. The highest BCUT2D eigenvalue weighted by Gasteiger charge is 2.03. The van der Waals surface area contributed by atoms with E-state index in [0.717, 1.165) is 13.1 Å². The summed E-state index contributed by atoms with van der Waals surface area (Å²) in [5, 5.41) is 4.90. The summed E-state index contributed by atoms with van der Waals surface area (Å²) >= 11 is 0. The van der Waals surface area contributed by atoms with Crippen LogP contribution < -0.4 is 5.32 Å². The van der Waals surface area contributed by atoms with Gasteiger partial charge in [-0.05, 0) is 38.0 Å². The molecule has 1 atom stereocenters. The summed E-state index contributed by atoms with van der Waals surface area (Å²) in [5.74, 6) is 0. The van der Waals surface area contributed by atoms with Crippen molar-refractivity contribution in [1.82, 2.24) is 9.88 Å². The van der Waals surface area contributed by atoms with Crippen LogP contribution in [0.2, 0.25) is 0 Å². The Morgan fingerprint density at radius 3 is 2.88 bits per heavy atom. The van der Waals surface area contributed by atoms with Crippen LogP contribution in [0.3, 0.4) is 0 Å². The summed E-state index contributed by atoms with van der Waals surface area (Å²) in [6, 6.07) is 9.33. The quantitative estimate of drug-likeness (QED) is 0.833. The maximum Gasteiger partial charge on any atom is 0.0483 e. The molecule has 17 heavy (non-hydrogen) atoms. The van der Waals surface area contributed by atoms with Gasteiger partial charge in [-0.25, -0.2) is 0 Å². The van der Waals surface area contributed by atoms with Crippen LogP contribution in [-0.4, -0.2) is 17.2 Å². The second kappa shape index (κ2) is 5.37. The van der Waals surface area contributed by atoms with Crippen molar-refractivity contribution in [2.45, 2.75) is 39.8 Å². The van der Waals surface area contributed by atoms with Gasteiger partial charge in [0.25, 0.3) is 0 Å². The van der Waals surface area contributed by atoms with Crippen molar-refractivity contribution in [3.05, 3.63) is 36.0 Å². The van der Waals surface area contributed by atoms with Crippen molar-refractivity contribution >= 4 is 10.9 Å². The zero-order valence-electron chi connectivity index (χ0n) is 11.0. The van der Waals surface area contributed by atoms with E-state index >= 15 is 0 Å². The fraction of sp³-hybridized carbons (Fsp3) is 0.467. The van der Waals surface area contributed by atoms with Gasteiger partial charge >= 0.3 is 0 Å². The number of nitrogens with zero attached hydrogens (tertiary/aromatic N) is 1. The van der Waals surface area contributed by atoms with E-state index in [1.54, 1.807) is 0 Å². The standard InChI is InChI=1S/C15H22N2/c1-4-13(3)16-9-11-17-10-8-14-12(2)6-5-7-15(14)17/h5-8,10,13,16H,4,9,11H2,1-3H3. The van der Waals surface area contributed by atoms with Crippen LogP contribution in [0.4, 0.5) is 0 Å². The molecule has 2 nitrogen and oxygen atoms in total. The number of aryl methyl sites for hydroxylation is 1. The molecule has 0 amide bonds. The van der Waals surface area contributed by atoms with Gasteiger partial charge in [0.2, 0.25) is 0 Å². The summed E-state index contributed by atoms with van der Waals surface area (Å²) in [5.41, 5.74) is 2.70. The fourth-order valence-corrected chi connectivity index (χ4v) is 2.15. The van der Waals surface area contributed by atoms with E-state index in [1.165, 1.54) is 22.9 Å². The smallest absolute Gasteiger partial charge is 0.0483 e. The van der Waals surface area contributed by atoms with Crippen molar-refractivity contribution in [2.75, 3.05) is 6.54 Å². The number of aromatic nitrogens is 1. The molecule has 92 valence electrons. The van der Waals surface area contributed by atoms with Gasteiger partial charge in [-0.1, -0.05) is 19.1 Å². The number of hydrogen-bond donors (Lipinski definition) is 1. The third-order valence-corrected chi connectivity index (χ3v) is 3.49. The second-order valence-electron chi connectivity index (χ2n) is 4.78. The van der Waals surface area contributed by atoms with E-state index in [1.807, 2.05) is 0 Å². The van der Waals surface area contributed by atoms with Gasteiger partial charge < -0.3 is 9.88 Å². The highest BCUT2D eigenvalue weighted by molar-refractivity contribution is 5.83. The highest BCUT2D eigenvalue weighted by atomic mass is 15.0. The summed E-state index contributed by atoms with van der Waals surface area (Å²) < 4.78 is 2.33. The molecule has 1 heterocycles. The lowest BCUT2D eigenvalue weighted by atomic mass is 10.1. The van der Waals surface area contributed by atoms with Gasteiger partial charge in [0.1, 0.15) is 0 Å². The first-order chi connectivity index (χ1) is 8.22. The molecule has 1 N–H and O–H groups in total. The average molecular weight is 230 g/mol. The predicted octanol–water partition coefficient (Wildman–Crippen LogP) is 3.34. The van der Waals surface area contributed by atoms with Crippen molar-refractivity contribution < 1.29 is 0 Å². The van der Waals surface area contributed by atoms with Crippen LogP contribution in [0.5, 0.6) is 0 Å². The van der Waals surface area contributed by atoms with Gasteiger partial charge in [0.15, 0.2) is 0 Å². The lowest BCUT2D eigenvalue weighted by molar-refractivity contribution is 0.509. The summed E-state index contributed by atoms with van der Waals surface area (Å²) in [7, 11) is 0. The molecular formula is C15H22N2. The van der Waals surface area contributed by atoms with Crippen LogP contribution in [0.15, 0.2) is 30.5 Å². The van der Waals surface area contributed by atoms with E-state index in [2.05, 4.69) is 61.1 Å². The molecule has 0 saturated heterocycles. The van der Waals surface area contributed by atoms with E-state index in [0.29, 0.717) is 6.04 Å². The first kappa shape index (κ1) is 12.2. The molecule has 0 spiro atoms. The Morgan fingerprint density at radius 1 is 1.29 bits per heavy atom. The zero-order valence-corrected chi connectivity index (χ0v) is 11.0. The van der Waals surface area contributed by atoms with E-state index < -0.39 is 0 Å². The second-order valence-corrected chi connectivity index (χ2v) is 4.78. The lowest BCUT2D eigenvalue weighted by Gasteiger charge is -2.12. The van der Waals surface area contributed by atoms with Crippen LogP contribution in [0.25, 0.3) is 10.9 Å². The number of hydrogen-bond acceptors (Lipinski definition) is 1. The topological polar surface area (TPSA) is 17.0 Å². The maximum absolute atomic E-state index is 3.53. The van der Waals surface area contributed by atoms with Crippen LogP contribution in [0.1, 0.15) is 25.8 Å². The average Bonchev–Trinajstić information content (AvgIpc) is 2.74. The molecule has 1 aromatic heterocycles. The molecule has 2 rings (SSSR count). The van der Waals surface area contributed by atoms with E-state index in [9.17, 15) is 0 Å². The Labute approximate surface area is 104 Å². The first-order valence-corrected chi connectivity index (χ1v) is 6.50. The summed E-state index contributed by atoms with van der Waals surface area (Å²) in [4.78, 5) is 0. The van der Waals surface area contributed by atoms with Crippen molar-refractivity contribution in [2.24, 2.45) is 0 Å². The molecule has 0 radical (unpaired) electrons. The van der Waals surface area contributed by atoms with E-state index in [-0.39, 0.29) is 0 Å². The molecule has 0 fully saturated rings. The molecule has 2 aromatic rings. The number of nitrogens with one attached hydrogen (secondary N) is 1. The minimum absolute atomic E-state index is 0.610. The number of benzene rings is 1. The Kier molecular flexibility index (Phi) is 3.85. The molecule has 0 aliphatic rings. The van der Waals surface area contributed by atoms with Gasteiger partial charge in [-0.2, -0.15) is 0 Å². The third kappa shape index (κ3) is 2.70. The van der Waals surface area contributed by atoms with Crippen LogP contribution in [0, 0.1) is 6.92 Å². The Balaban J connectivity index is 2.07. The Bertz CT molecular complexity index is 485. The Hall–Kier alpha value is -1.28. The van der Waals surface area contributed by atoms with Gasteiger partial charge in [-0.15, -0.1) is 0 Å². The predicted molar refractivity (Wildman–Crippen MR) is 74.4 cm³/mol. The van der Waals surface area contributed by atoms with Gasteiger partial charge in [-0.3, -0.25) is 0 Å². The van der Waals surface area contributed by atoms with Crippen molar-refractivity contribution in [1.29, 1.82) is 0 Å². The molecule has 0 aliphatic carbocycles. The third-order valence-electron chi connectivity index (χ3n) is 3.49. The van der Waals surface area contributed by atoms with Crippen molar-refractivity contribution in [3.8, 4) is 0 Å². The molecule has 1 aromatic carbocycles. The minimum Gasteiger partial charge on any atom is -0.346 e. The molecule has 0 saturated carbocycles. The molecular weight excluding hydrogens is 208 g/mol. The normalized spacial score (nSPS) is 13.1. The largest absolute Gasteiger partial charge is 0.346 e. The SMILES string of the molecule is CCC(C)NCCn1ccc2c(C)cccc21. The Morgan fingerprint density at radius 2 is 2.12 bits per heavy atom. The minimum atomic E-state index is 0.610. The number of fused-ring (bicyclic) bond motifs is 1. The van der Waals surface area contributed by atoms with Gasteiger partial charge in [0, 0.05) is 36.2 Å². The van der Waals surface area contributed by atoms with Crippen LogP contribution in [-0.2, 0) is 6.54 Å².